The zero-order chi connectivity index (χ0) is 22.5. The summed E-state index contributed by atoms with van der Waals surface area (Å²) in [7, 11) is 1.44. The number of nitrogens with zero attached hydrogens (tertiary/aromatic N) is 3. The Labute approximate surface area is 187 Å². The number of nitrogens with one attached hydrogen (secondary N) is 1. The number of methoxy groups -OCH3 is 1. The molecule has 7 nitrogen and oxygen atoms in total. The lowest BCUT2D eigenvalue weighted by molar-refractivity contribution is 0.0957. The molecule has 0 aliphatic heterocycles. The number of hydrazone groups is 1. The Bertz CT molecular complexity index is 1320. The second-order valence-corrected chi connectivity index (χ2v) is 6.87. The summed E-state index contributed by atoms with van der Waals surface area (Å²) >= 11 is 5.69. The minimum absolute atomic E-state index is 0.147. The molecule has 32 heavy (non-hydrogen) atoms. The normalized spacial score (nSPS) is 11.0. The molecule has 0 aliphatic carbocycles. The summed E-state index contributed by atoms with van der Waals surface area (Å²) in [4.78, 5) is 19.8. The Morgan fingerprint density at radius 1 is 1.12 bits per heavy atom. The molecule has 1 N–H and O–H groups in total. The molecule has 0 spiro atoms. The van der Waals surface area contributed by atoms with Gasteiger partial charge in [0.2, 0.25) is 11.1 Å². The molecule has 0 saturated heterocycles. The first-order chi connectivity index (χ1) is 15.5. The summed E-state index contributed by atoms with van der Waals surface area (Å²) in [5.74, 6) is -0.895. The Kier molecular flexibility index (Phi) is 6.23. The molecule has 3 aromatic carbocycles. The Balaban J connectivity index is 1.49. The van der Waals surface area contributed by atoms with Crippen LogP contribution in [0.25, 0.3) is 10.8 Å². The van der Waals surface area contributed by atoms with Gasteiger partial charge in [0.05, 0.1) is 19.5 Å². The summed E-state index contributed by atoms with van der Waals surface area (Å²) in [5.41, 5.74) is 3.66. The van der Waals surface area contributed by atoms with Crippen molar-refractivity contribution >= 4 is 34.5 Å². The Morgan fingerprint density at radius 2 is 1.94 bits per heavy atom. The van der Waals surface area contributed by atoms with E-state index in [2.05, 4.69) is 20.5 Å². The molecule has 4 rings (SSSR count). The fourth-order valence-electron chi connectivity index (χ4n) is 3.00. The highest BCUT2D eigenvalue weighted by Crippen LogP contribution is 2.32. The lowest BCUT2D eigenvalue weighted by Crippen LogP contribution is -2.17. The zero-order valence-electron chi connectivity index (χ0n) is 16.8. The molecule has 160 valence electrons. The minimum Gasteiger partial charge on any atom is -0.493 e. The minimum atomic E-state index is -0.766. The second kappa shape index (κ2) is 9.40. The molecular weight excluding hydrogens is 435 g/mol. The third-order valence-electron chi connectivity index (χ3n) is 4.49. The first-order valence-corrected chi connectivity index (χ1v) is 9.78. The average molecular weight is 451 g/mol. The number of benzene rings is 3. The van der Waals surface area contributed by atoms with Gasteiger partial charge in [-0.1, -0.05) is 36.4 Å². The fraction of sp³-hybridized carbons (Fsp3) is 0.0435. The molecule has 0 aliphatic rings. The van der Waals surface area contributed by atoms with Crippen LogP contribution in [0.3, 0.4) is 0 Å². The second-order valence-electron chi connectivity index (χ2n) is 6.53. The first kappa shape index (κ1) is 21.2. The van der Waals surface area contributed by atoms with Gasteiger partial charge in [-0.15, -0.1) is 0 Å². The number of hydrogen-bond acceptors (Lipinski definition) is 6. The molecule has 0 atom stereocenters. The SMILES string of the molecule is COc1cc(C=NNC(=O)c2cccc3ccccc23)ccc1Oc1nc(Cl)ncc1F. The maximum absolute atomic E-state index is 13.8. The van der Waals surface area contributed by atoms with Crippen molar-refractivity contribution in [3.05, 3.63) is 89.1 Å². The van der Waals surface area contributed by atoms with Crippen molar-refractivity contribution in [2.75, 3.05) is 7.11 Å². The number of fused-ring (bicyclic) bond motifs is 1. The lowest BCUT2D eigenvalue weighted by Gasteiger charge is -2.10. The molecule has 1 aromatic heterocycles. The van der Waals surface area contributed by atoms with Crippen molar-refractivity contribution in [1.82, 2.24) is 15.4 Å². The van der Waals surface area contributed by atoms with Gasteiger partial charge in [0.15, 0.2) is 11.5 Å². The van der Waals surface area contributed by atoms with Gasteiger partial charge in [-0.25, -0.2) is 10.4 Å². The smallest absolute Gasteiger partial charge is 0.271 e. The monoisotopic (exact) mass is 450 g/mol. The third kappa shape index (κ3) is 4.65. The van der Waals surface area contributed by atoms with E-state index in [1.165, 1.54) is 13.3 Å². The van der Waals surface area contributed by atoms with Crippen LogP contribution in [-0.2, 0) is 0 Å². The number of carbonyl (C=O) groups excluding carboxylic acids is 1. The van der Waals surface area contributed by atoms with Gasteiger partial charge in [-0.05, 0) is 52.2 Å². The number of amides is 1. The number of rotatable bonds is 6. The van der Waals surface area contributed by atoms with E-state index in [4.69, 9.17) is 21.1 Å². The van der Waals surface area contributed by atoms with Crippen LogP contribution in [0.2, 0.25) is 5.28 Å². The van der Waals surface area contributed by atoms with E-state index >= 15 is 0 Å². The highest BCUT2D eigenvalue weighted by atomic mass is 35.5. The van der Waals surface area contributed by atoms with Crippen molar-refractivity contribution in [3.8, 4) is 17.4 Å². The van der Waals surface area contributed by atoms with Crippen LogP contribution in [0.1, 0.15) is 15.9 Å². The van der Waals surface area contributed by atoms with Crippen molar-refractivity contribution in [3.63, 3.8) is 0 Å². The van der Waals surface area contributed by atoms with E-state index in [1.807, 2.05) is 36.4 Å². The highest BCUT2D eigenvalue weighted by Gasteiger charge is 2.13. The molecular formula is C23H16ClFN4O3. The molecule has 0 saturated carbocycles. The molecule has 4 aromatic rings. The fourth-order valence-corrected chi connectivity index (χ4v) is 3.13. The van der Waals surface area contributed by atoms with Gasteiger partial charge in [-0.2, -0.15) is 14.5 Å². The van der Waals surface area contributed by atoms with Crippen LogP contribution in [0.5, 0.6) is 17.4 Å². The summed E-state index contributed by atoms with van der Waals surface area (Å²) in [6.07, 6.45) is 2.37. The summed E-state index contributed by atoms with van der Waals surface area (Å²) in [5, 5.41) is 5.67. The van der Waals surface area contributed by atoms with Crippen LogP contribution in [0, 0.1) is 5.82 Å². The van der Waals surface area contributed by atoms with E-state index in [0.29, 0.717) is 16.9 Å². The number of hydrogen-bond donors (Lipinski definition) is 1. The standard InChI is InChI=1S/C23H16ClFN4O3/c1-31-20-11-14(9-10-19(20)32-22-18(25)13-26-23(24)28-22)12-27-29-21(30)17-8-4-6-15-5-2-3-7-16(15)17/h2-13H,1H3,(H,29,30). The quantitative estimate of drug-likeness (QED) is 0.254. The van der Waals surface area contributed by atoms with E-state index in [9.17, 15) is 9.18 Å². The molecule has 0 radical (unpaired) electrons. The topological polar surface area (TPSA) is 85.7 Å². The van der Waals surface area contributed by atoms with Crippen LogP contribution >= 0.6 is 11.6 Å². The maximum Gasteiger partial charge on any atom is 0.271 e. The maximum atomic E-state index is 13.8. The summed E-state index contributed by atoms with van der Waals surface area (Å²) in [6, 6.07) is 17.9. The third-order valence-corrected chi connectivity index (χ3v) is 4.67. The first-order valence-electron chi connectivity index (χ1n) is 9.40. The molecule has 0 bridgehead atoms. The van der Waals surface area contributed by atoms with Gasteiger partial charge in [-0.3, -0.25) is 4.79 Å². The van der Waals surface area contributed by atoms with E-state index < -0.39 is 5.82 Å². The number of aromatic nitrogens is 2. The summed E-state index contributed by atoms with van der Waals surface area (Å²) < 4.78 is 24.6. The van der Waals surface area contributed by atoms with Gasteiger partial charge in [0, 0.05) is 5.56 Å². The number of ether oxygens (including phenoxy) is 2. The van der Waals surface area contributed by atoms with Gasteiger partial charge >= 0.3 is 0 Å². The molecule has 9 heteroatoms. The molecule has 0 unspecified atom stereocenters. The van der Waals surface area contributed by atoms with Crippen LogP contribution in [-0.4, -0.2) is 29.2 Å². The highest BCUT2D eigenvalue weighted by molar-refractivity contribution is 6.28. The molecule has 1 amide bonds. The average Bonchev–Trinajstić information content (AvgIpc) is 2.81. The van der Waals surface area contributed by atoms with E-state index in [-0.39, 0.29) is 22.8 Å². The predicted octanol–water partition coefficient (Wildman–Crippen LogP) is 4.99. The summed E-state index contributed by atoms with van der Waals surface area (Å²) in [6.45, 7) is 0. The Hall–Kier alpha value is -4.04. The van der Waals surface area contributed by atoms with E-state index in [1.54, 1.807) is 24.3 Å². The van der Waals surface area contributed by atoms with Gasteiger partial charge < -0.3 is 9.47 Å². The van der Waals surface area contributed by atoms with Crippen molar-refractivity contribution in [1.29, 1.82) is 0 Å². The number of halogens is 2. The van der Waals surface area contributed by atoms with E-state index in [0.717, 1.165) is 17.0 Å². The predicted molar refractivity (Wildman–Crippen MR) is 119 cm³/mol. The van der Waals surface area contributed by atoms with Crippen molar-refractivity contribution < 1.29 is 18.7 Å². The molecule has 1 heterocycles. The van der Waals surface area contributed by atoms with Gasteiger partial charge in [0.1, 0.15) is 0 Å². The van der Waals surface area contributed by atoms with Crippen LogP contribution < -0.4 is 14.9 Å². The zero-order valence-corrected chi connectivity index (χ0v) is 17.5. The van der Waals surface area contributed by atoms with Crippen LogP contribution in [0.4, 0.5) is 4.39 Å². The lowest BCUT2D eigenvalue weighted by atomic mass is 10.0. The van der Waals surface area contributed by atoms with Crippen molar-refractivity contribution in [2.24, 2.45) is 5.10 Å². The Morgan fingerprint density at radius 3 is 2.78 bits per heavy atom. The molecule has 0 fully saturated rings. The van der Waals surface area contributed by atoms with Crippen molar-refractivity contribution in [2.45, 2.75) is 0 Å². The van der Waals surface area contributed by atoms with Gasteiger partial charge in [0.25, 0.3) is 11.8 Å². The number of carbonyl (C=O) groups is 1. The largest absolute Gasteiger partial charge is 0.493 e. The van der Waals surface area contributed by atoms with Crippen LogP contribution in [0.15, 0.2) is 72.0 Å².